The van der Waals surface area contributed by atoms with E-state index in [9.17, 15) is 9.90 Å². The highest BCUT2D eigenvalue weighted by Crippen LogP contribution is 2.34. The summed E-state index contributed by atoms with van der Waals surface area (Å²) in [5.41, 5.74) is 0. The summed E-state index contributed by atoms with van der Waals surface area (Å²) in [6, 6.07) is 0.308. The van der Waals surface area contributed by atoms with E-state index in [-0.39, 0.29) is 6.10 Å². The summed E-state index contributed by atoms with van der Waals surface area (Å²) in [4.78, 5) is 13.8. The van der Waals surface area contributed by atoms with Crippen molar-refractivity contribution in [3.8, 4) is 0 Å². The van der Waals surface area contributed by atoms with E-state index < -0.39 is 0 Å². The highest BCUT2D eigenvalue weighted by Gasteiger charge is 2.38. The Hall–Kier alpha value is -0.570. The maximum absolute atomic E-state index is 11.8. The molecule has 2 unspecified atom stereocenters. The van der Waals surface area contributed by atoms with E-state index >= 15 is 0 Å². The van der Waals surface area contributed by atoms with Crippen LogP contribution in [0.1, 0.15) is 39.0 Å². The molecule has 3 nitrogen and oxygen atoms in total. The first kappa shape index (κ1) is 9.97. The lowest BCUT2D eigenvalue weighted by Crippen LogP contribution is -2.38. The minimum atomic E-state index is -0.285. The summed E-state index contributed by atoms with van der Waals surface area (Å²) in [6.07, 6.45) is 4.80. The number of hydrogen-bond acceptors (Lipinski definition) is 2. The molecule has 1 N–H and O–H groups in total. The largest absolute Gasteiger partial charge is 0.393 e. The summed E-state index contributed by atoms with van der Waals surface area (Å²) < 4.78 is 0. The lowest BCUT2D eigenvalue weighted by Gasteiger charge is -2.25. The average Bonchev–Trinajstić information content (AvgIpc) is 2.86. The minimum Gasteiger partial charge on any atom is -0.393 e. The van der Waals surface area contributed by atoms with E-state index in [1.165, 1.54) is 0 Å². The summed E-state index contributed by atoms with van der Waals surface area (Å²) in [5.74, 6) is 0.665. The third-order valence-corrected chi connectivity index (χ3v) is 3.20. The Bertz CT molecular complexity index is 223. The maximum atomic E-state index is 11.8. The molecule has 2 atom stereocenters. The second-order valence-electron chi connectivity index (χ2n) is 4.69. The Labute approximate surface area is 85.1 Å². The molecule has 1 heterocycles. The van der Waals surface area contributed by atoms with Crippen molar-refractivity contribution >= 4 is 5.91 Å². The Morgan fingerprint density at radius 2 is 2.21 bits per heavy atom. The topological polar surface area (TPSA) is 40.5 Å². The molecule has 80 valence electrons. The minimum absolute atomic E-state index is 0.285. The van der Waals surface area contributed by atoms with Crippen molar-refractivity contribution in [1.82, 2.24) is 4.90 Å². The van der Waals surface area contributed by atoms with Gasteiger partial charge in [-0.3, -0.25) is 4.79 Å². The molecule has 1 amide bonds. The normalized spacial score (nSPS) is 29.3. The molecule has 0 bridgehead atoms. The van der Waals surface area contributed by atoms with Gasteiger partial charge in [0.25, 0.3) is 0 Å². The molecule has 0 aromatic heterocycles. The van der Waals surface area contributed by atoms with Crippen LogP contribution in [0.4, 0.5) is 0 Å². The first-order valence-corrected chi connectivity index (χ1v) is 5.67. The van der Waals surface area contributed by atoms with E-state index in [0.29, 0.717) is 17.9 Å². The van der Waals surface area contributed by atoms with E-state index in [1.807, 2.05) is 4.90 Å². The van der Waals surface area contributed by atoms with Crippen molar-refractivity contribution < 1.29 is 9.90 Å². The fourth-order valence-electron chi connectivity index (χ4n) is 2.33. The molecule has 3 heteroatoms. The van der Waals surface area contributed by atoms with E-state index in [1.54, 1.807) is 6.92 Å². The Morgan fingerprint density at radius 3 is 2.79 bits per heavy atom. The summed E-state index contributed by atoms with van der Waals surface area (Å²) in [6.45, 7) is 2.71. The van der Waals surface area contributed by atoms with Gasteiger partial charge in [-0.2, -0.15) is 0 Å². The number of likely N-dealkylation sites (tertiary alicyclic amines) is 1. The molecular weight excluding hydrogens is 178 g/mol. The van der Waals surface area contributed by atoms with Crippen LogP contribution in [0.2, 0.25) is 0 Å². The zero-order valence-electron chi connectivity index (χ0n) is 8.78. The molecule has 1 aliphatic carbocycles. The Morgan fingerprint density at radius 1 is 1.50 bits per heavy atom. The fourth-order valence-corrected chi connectivity index (χ4v) is 2.33. The Kier molecular flexibility index (Phi) is 2.77. The monoisotopic (exact) mass is 197 g/mol. The third kappa shape index (κ3) is 2.08. The number of rotatable bonds is 3. The average molecular weight is 197 g/mol. The molecule has 2 fully saturated rings. The first-order chi connectivity index (χ1) is 6.68. The molecular formula is C11H19NO2. The van der Waals surface area contributed by atoms with E-state index in [4.69, 9.17) is 0 Å². The van der Waals surface area contributed by atoms with Crippen molar-refractivity contribution in [2.75, 3.05) is 6.54 Å². The third-order valence-electron chi connectivity index (χ3n) is 3.20. The summed E-state index contributed by atoms with van der Waals surface area (Å²) in [7, 11) is 0. The molecule has 0 aromatic carbocycles. The number of nitrogens with zero attached hydrogens (tertiary/aromatic N) is 1. The second-order valence-corrected chi connectivity index (χ2v) is 4.69. The van der Waals surface area contributed by atoms with Crippen LogP contribution in [0, 0.1) is 5.92 Å². The SMILES string of the molecule is CC(O)CC1CCCN1C(=O)C1CC1. The quantitative estimate of drug-likeness (QED) is 0.737. The summed E-state index contributed by atoms with van der Waals surface area (Å²) in [5, 5.41) is 9.33. The van der Waals surface area contributed by atoms with Crippen LogP contribution in [-0.4, -0.2) is 34.6 Å². The van der Waals surface area contributed by atoms with E-state index in [0.717, 1.165) is 38.6 Å². The Balaban J connectivity index is 1.92. The zero-order chi connectivity index (χ0) is 10.1. The number of carbonyl (C=O) groups is 1. The van der Waals surface area contributed by atoms with Crippen LogP contribution < -0.4 is 0 Å². The van der Waals surface area contributed by atoms with Gasteiger partial charge in [-0.15, -0.1) is 0 Å². The number of amides is 1. The molecule has 1 saturated carbocycles. The zero-order valence-corrected chi connectivity index (χ0v) is 8.78. The number of aliphatic hydroxyl groups excluding tert-OH is 1. The van der Waals surface area contributed by atoms with Crippen molar-refractivity contribution in [3.63, 3.8) is 0 Å². The molecule has 0 radical (unpaired) electrons. The van der Waals surface area contributed by atoms with Gasteiger partial charge in [0.05, 0.1) is 6.10 Å². The number of hydrogen-bond donors (Lipinski definition) is 1. The highest BCUT2D eigenvalue weighted by molar-refractivity contribution is 5.81. The van der Waals surface area contributed by atoms with Gasteiger partial charge in [0.2, 0.25) is 5.91 Å². The van der Waals surface area contributed by atoms with Gasteiger partial charge in [0, 0.05) is 18.5 Å². The molecule has 1 saturated heterocycles. The number of aliphatic hydroxyl groups is 1. The lowest BCUT2D eigenvalue weighted by atomic mass is 10.1. The van der Waals surface area contributed by atoms with Crippen molar-refractivity contribution in [2.45, 2.75) is 51.2 Å². The van der Waals surface area contributed by atoms with Gasteiger partial charge >= 0.3 is 0 Å². The number of carbonyl (C=O) groups excluding carboxylic acids is 1. The molecule has 0 spiro atoms. The molecule has 1 aliphatic heterocycles. The highest BCUT2D eigenvalue weighted by atomic mass is 16.3. The van der Waals surface area contributed by atoms with Crippen LogP contribution in [0.25, 0.3) is 0 Å². The lowest BCUT2D eigenvalue weighted by molar-refractivity contribution is -0.133. The van der Waals surface area contributed by atoms with Crippen LogP contribution in [-0.2, 0) is 4.79 Å². The van der Waals surface area contributed by atoms with Crippen molar-refractivity contribution in [2.24, 2.45) is 5.92 Å². The predicted molar refractivity (Wildman–Crippen MR) is 53.8 cm³/mol. The van der Waals surface area contributed by atoms with E-state index in [2.05, 4.69) is 0 Å². The van der Waals surface area contributed by atoms with Gasteiger partial charge in [-0.05, 0) is 39.0 Å². The van der Waals surface area contributed by atoms with Gasteiger partial charge in [0.1, 0.15) is 0 Å². The van der Waals surface area contributed by atoms with Crippen LogP contribution >= 0.6 is 0 Å². The van der Waals surface area contributed by atoms with Gasteiger partial charge in [0.15, 0.2) is 0 Å². The van der Waals surface area contributed by atoms with Crippen LogP contribution in [0.5, 0.6) is 0 Å². The molecule has 2 rings (SSSR count). The molecule has 14 heavy (non-hydrogen) atoms. The fraction of sp³-hybridized carbons (Fsp3) is 0.909. The van der Waals surface area contributed by atoms with Crippen molar-refractivity contribution in [1.29, 1.82) is 0 Å². The maximum Gasteiger partial charge on any atom is 0.225 e. The molecule has 2 aliphatic rings. The van der Waals surface area contributed by atoms with Gasteiger partial charge in [-0.1, -0.05) is 0 Å². The standard InChI is InChI=1S/C11H19NO2/c1-8(13)7-10-3-2-6-12(10)11(14)9-4-5-9/h8-10,13H,2-7H2,1H3. The van der Waals surface area contributed by atoms with Gasteiger partial charge in [-0.25, -0.2) is 0 Å². The second kappa shape index (κ2) is 3.89. The van der Waals surface area contributed by atoms with Crippen LogP contribution in [0.15, 0.2) is 0 Å². The predicted octanol–water partition coefficient (Wildman–Crippen LogP) is 1.16. The summed E-state index contributed by atoms with van der Waals surface area (Å²) >= 11 is 0. The van der Waals surface area contributed by atoms with Crippen molar-refractivity contribution in [3.05, 3.63) is 0 Å². The molecule has 0 aromatic rings. The first-order valence-electron chi connectivity index (χ1n) is 5.67. The van der Waals surface area contributed by atoms with Gasteiger partial charge < -0.3 is 10.0 Å². The smallest absolute Gasteiger partial charge is 0.225 e. The van der Waals surface area contributed by atoms with Crippen LogP contribution in [0.3, 0.4) is 0 Å².